The smallest absolute Gasteiger partial charge is 0.254 e. The number of nitrogens with zero attached hydrogens (tertiary/aromatic N) is 2. The highest BCUT2D eigenvalue weighted by Crippen LogP contribution is 2.22. The molecular formula is C14H18N4O2S. The zero-order valence-corrected chi connectivity index (χ0v) is 12.6. The second-order valence-corrected chi connectivity index (χ2v) is 6.82. The van der Waals surface area contributed by atoms with E-state index in [4.69, 9.17) is 0 Å². The van der Waals surface area contributed by atoms with Gasteiger partial charge in [0.1, 0.15) is 0 Å². The quantitative estimate of drug-likeness (QED) is 0.874. The van der Waals surface area contributed by atoms with Crippen molar-refractivity contribution in [2.24, 2.45) is 0 Å². The molecule has 112 valence electrons. The monoisotopic (exact) mass is 306 g/mol. The standard InChI is InChI=1S/C14H18N4O2S/c1-11-9-16-7-8-18(11)17-21(19,20)14-4-2-3-12-10-15-6-5-13(12)14/h2-6,10-11,16-17H,7-9H2,1H3. The Hall–Kier alpha value is -1.54. The fourth-order valence-corrected chi connectivity index (χ4v) is 3.92. The van der Waals surface area contributed by atoms with Gasteiger partial charge >= 0.3 is 0 Å². The van der Waals surface area contributed by atoms with Crippen molar-refractivity contribution < 1.29 is 8.42 Å². The molecule has 6 nitrogen and oxygen atoms in total. The van der Waals surface area contributed by atoms with Crippen LogP contribution in [-0.2, 0) is 10.0 Å². The molecule has 0 saturated carbocycles. The summed E-state index contributed by atoms with van der Waals surface area (Å²) >= 11 is 0. The van der Waals surface area contributed by atoms with Crippen LogP contribution in [0.15, 0.2) is 41.6 Å². The van der Waals surface area contributed by atoms with E-state index in [1.807, 2.05) is 13.0 Å². The van der Waals surface area contributed by atoms with Crippen LogP contribution >= 0.6 is 0 Å². The molecule has 0 aliphatic carbocycles. The van der Waals surface area contributed by atoms with Crippen molar-refractivity contribution in [3.8, 4) is 0 Å². The molecule has 1 aliphatic heterocycles. The minimum absolute atomic E-state index is 0.116. The molecule has 1 unspecified atom stereocenters. The molecule has 2 N–H and O–H groups in total. The number of hydrogen-bond acceptors (Lipinski definition) is 5. The third-order valence-electron chi connectivity index (χ3n) is 3.67. The lowest BCUT2D eigenvalue weighted by molar-refractivity contribution is 0.147. The molecular weight excluding hydrogens is 288 g/mol. The summed E-state index contributed by atoms with van der Waals surface area (Å²) in [6.45, 7) is 4.17. The number of hydrazine groups is 1. The molecule has 1 aliphatic rings. The van der Waals surface area contributed by atoms with E-state index in [1.54, 1.807) is 35.6 Å². The van der Waals surface area contributed by atoms with Crippen LogP contribution in [0.3, 0.4) is 0 Å². The molecule has 1 aromatic carbocycles. The molecule has 1 atom stereocenters. The van der Waals surface area contributed by atoms with Gasteiger partial charge in [0.15, 0.2) is 0 Å². The summed E-state index contributed by atoms with van der Waals surface area (Å²) < 4.78 is 25.3. The summed E-state index contributed by atoms with van der Waals surface area (Å²) in [4.78, 5) is 7.01. The number of nitrogens with one attached hydrogen (secondary N) is 2. The predicted molar refractivity (Wildman–Crippen MR) is 81.1 cm³/mol. The first kappa shape index (κ1) is 14.4. The van der Waals surface area contributed by atoms with E-state index in [1.165, 1.54) is 0 Å². The zero-order chi connectivity index (χ0) is 14.9. The van der Waals surface area contributed by atoms with E-state index >= 15 is 0 Å². The molecule has 2 aromatic rings. The lowest BCUT2D eigenvalue weighted by Crippen LogP contribution is -2.56. The van der Waals surface area contributed by atoms with Crippen molar-refractivity contribution in [2.75, 3.05) is 19.6 Å². The van der Waals surface area contributed by atoms with Crippen LogP contribution in [0.4, 0.5) is 0 Å². The second-order valence-electron chi connectivity index (χ2n) is 5.19. The third kappa shape index (κ3) is 2.91. The maximum absolute atomic E-state index is 12.7. The third-order valence-corrected chi connectivity index (χ3v) is 5.08. The van der Waals surface area contributed by atoms with Gasteiger partial charge in [-0.3, -0.25) is 4.98 Å². The Morgan fingerprint density at radius 2 is 2.24 bits per heavy atom. The van der Waals surface area contributed by atoms with Crippen LogP contribution in [0.1, 0.15) is 6.92 Å². The Labute approximate surface area is 124 Å². The lowest BCUT2D eigenvalue weighted by Gasteiger charge is -2.33. The van der Waals surface area contributed by atoms with E-state index in [-0.39, 0.29) is 10.9 Å². The summed E-state index contributed by atoms with van der Waals surface area (Å²) in [6, 6.07) is 7.06. The molecule has 1 aromatic heterocycles. The van der Waals surface area contributed by atoms with Gasteiger partial charge in [-0.15, -0.1) is 4.83 Å². The number of benzene rings is 1. The summed E-state index contributed by atoms with van der Waals surface area (Å²) in [7, 11) is -3.60. The molecule has 7 heteroatoms. The highest BCUT2D eigenvalue weighted by Gasteiger charge is 2.25. The van der Waals surface area contributed by atoms with E-state index in [9.17, 15) is 8.42 Å². The highest BCUT2D eigenvalue weighted by atomic mass is 32.2. The SMILES string of the molecule is CC1CNCCN1NS(=O)(=O)c1cccc2cnccc12. The van der Waals surface area contributed by atoms with Crippen LogP contribution in [-0.4, -0.2) is 44.1 Å². The van der Waals surface area contributed by atoms with Crippen LogP contribution < -0.4 is 10.1 Å². The van der Waals surface area contributed by atoms with Gasteiger partial charge in [0.2, 0.25) is 0 Å². The number of aromatic nitrogens is 1. The van der Waals surface area contributed by atoms with E-state index in [2.05, 4.69) is 15.1 Å². The largest absolute Gasteiger partial charge is 0.314 e. The van der Waals surface area contributed by atoms with Gasteiger partial charge in [-0.25, -0.2) is 13.4 Å². The van der Waals surface area contributed by atoms with Crippen molar-refractivity contribution in [1.29, 1.82) is 0 Å². The molecule has 0 spiro atoms. The number of pyridine rings is 1. The second kappa shape index (κ2) is 5.69. The molecule has 1 fully saturated rings. The van der Waals surface area contributed by atoms with Gasteiger partial charge in [0.05, 0.1) is 4.90 Å². The van der Waals surface area contributed by atoms with Gasteiger partial charge < -0.3 is 5.32 Å². The number of fused-ring (bicyclic) bond motifs is 1. The molecule has 3 rings (SSSR count). The van der Waals surface area contributed by atoms with Crippen LogP contribution in [0.5, 0.6) is 0 Å². The summed E-state index contributed by atoms with van der Waals surface area (Å²) in [5, 5.41) is 6.50. The first-order chi connectivity index (χ1) is 10.1. The Morgan fingerprint density at radius 3 is 3.05 bits per heavy atom. The highest BCUT2D eigenvalue weighted by molar-refractivity contribution is 7.89. The number of rotatable bonds is 3. The van der Waals surface area contributed by atoms with E-state index in [0.29, 0.717) is 11.9 Å². The number of hydrogen-bond donors (Lipinski definition) is 2. The van der Waals surface area contributed by atoms with Gasteiger partial charge in [0, 0.05) is 48.8 Å². The van der Waals surface area contributed by atoms with E-state index < -0.39 is 10.0 Å². The molecule has 1 saturated heterocycles. The number of piperazine rings is 1. The predicted octanol–water partition coefficient (Wildman–Crippen LogP) is 0.722. The van der Waals surface area contributed by atoms with Crippen molar-refractivity contribution in [1.82, 2.24) is 20.1 Å². The Kier molecular flexibility index (Phi) is 3.90. The lowest BCUT2D eigenvalue weighted by atomic mass is 10.2. The molecule has 2 heterocycles. The van der Waals surface area contributed by atoms with Crippen molar-refractivity contribution in [3.63, 3.8) is 0 Å². The minimum Gasteiger partial charge on any atom is -0.314 e. The Bertz CT molecular complexity index is 742. The first-order valence-corrected chi connectivity index (χ1v) is 8.39. The molecule has 0 radical (unpaired) electrons. The van der Waals surface area contributed by atoms with Crippen LogP contribution in [0, 0.1) is 0 Å². The Morgan fingerprint density at radius 1 is 1.38 bits per heavy atom. The van der Waals surface area contributed by atoms with Crippen molar-refractivity contribution >= 4 is 20.8 Å². The average molecular weight is 306 g/mol. The molecule has 0 bridgehead atoms. The van der Waals surface area contributed by atoms with Crippen LogP contribution in [0.25, 0.3) is 10.8 Å². The summed E-state index contributed by atoms with van der Waals surface area (Å²) in [5.74, 6) is 0. The minimum atomic E-state index is -3.60. The first-order valence-electron chi connectivity index (χ1n) is 6.90. The van der Waals surface area contributed by atoms with Crippen LogP contribution in [0.2, 0.25) is 0 Å². The molecule has 0 amide bonds. The number of sulfonamides is 1. The van der Waals surface area contributed by atoms with Gasteiger partial charge in [0.25, 0.3) is 10.0 Å². The maximum Gasteiger partial charge on any atom is 0.254 e. The maximum atomic E-state index is 12.7. The zero-order valence-electron chi connectivity index (χ0n) is 11.8. The van der Waals surface area contributed by atoms with Gasteiger partial charge in [-0.1, -0.05) is 12.1 Å². The summed E-state index contributed by atoms with van der Waals surface area (Å²) in [5.41, 5.74) is 0. The van der Waals surface area contributed by atoms with Crippen molar-refractivity contribution in [3.05, 3.63) is 36.7 Å². The van der Waals surface area contributed by atoms with E-state index in [0.717, 1.165) is 18.5 Å². The average Bonchev–Trinajstić information content (AvgIpc) is 2.49. The van der Waals surface area contributed by atoms with Gasteiger partial charge in [-0.05, 0) is 19.1 Å². The normalized spacial score (nSPS) is 20.7. The summed E-state index contributed by atoms with van der Waals surface area (Å²) in [6.07, 6.45) is 3.27. The van der Waals surface area contributed by atoms with Gasteiger partial charge in [-0.2, -0.15) is 0 Å². The fourth-order valence-electron chi connectivity index (χ4n) is 2.51. The van der Waals surface area contributed by atoms with Crippen molar-refractivity contribution in [2.45, 2.75) is 17.9 Å². The molecule has 21 heavy (non-hydrogen) atoms. The Balaban J connectivity index is 1.97. The topological polar surface area (TPSA) is 74.3 Å². The fraction of sp³-hybridized carbons (Fsp3) is 0.357.